The molecule has 3 aromatic carbocycles. The standard InChI is InChI=1S/C52H64N3O8P.F6P/c1-35-31-42-47(54-29-18-7-8-19-30-64(39-22-12-9-13-23-39,40-24-14-10-15-25-40)41-26-16-11-17-27-41)44(56)34-43(49(42)58)55-51(59)36(2)21-20-28-45(61-5)50(63-52(53)60)38(4)33-37(3)48(57)46(32-35)62-6;1-7(2,3,4,5)6/h9-17,20-28,33-35,37,45-46,48,50,57H,7-8,18-19,29-32H2,1-6H3,(H3-,53,54,55,56,58,59,60);/q;-1/p+1/t35-,37+,45+,46+,48-,50+;/m1./s1. The Bertz CT molecular complexity index is 2360. The van der Waals surface area contributed by atoms with Gasteiger partial charge >= 0.3 is 39.1 Å². The molecule has 1 aliphatic carbocycles. The molecule has 0 saturated heterocycles. The molecule has 5 N–H and O–H groups in total. The molecule has 19 heteroatoms. The number of nitrogens with one attached hydrogen (secondary N) is 2. The molecule has 71 heavy (non-hydrogen) atoms. The number of carbonyl (C=O) groups is 4. The summed E-state index contributed by atoms with van der Waals surface area (Å²) in [7, 11) is -9.63. The maximum absolute atomic E-state index is 14.2. The summed E-state index contributed by atoms with van der Waals surface area (Å²) in [4.78, 5) is 53.4. The fraction of sp³-hybridized carbons (Fsp3) is 0.385. The van der Waals surface area contributed by atoms with Crippen LogP contribution in [0.3, 0.4) is 0 Å². The molecule has 1 aliphatic heterocycles. The van der Waals surface area contributed by atoms with Crippen LogP contribution in [0.25, 0.3) is 0 Å². The van der Waals surface area contributed by atoms with E-state index in [2.05, 4.69) is 102 Å². The number of primary amides is 1. The number of aliphatic hydroxyl groups excluding tert-OH is 1. The van der Waals surface area contributed by atoms with Gasteiger partial charge in [0, 0.05) is 43.9 Å². The molecular formula is C52H65F6N3O8P2. The van der Waals surface area contributed by atoms with Gasteiger partial charge in [-0.05, 0) is 93.8 Å². The van der Waals surface area contributed by atoms with Crippen molar-refractivity contribution in [1.82, 2.24) is 10.6 Å². The van der Waals surface area contributed by atoms with Gasteiger partial charge in [-0.15, -0.1) is 0 Å². The molecule has 2 aliphatic rings. The number of fused-ring (bicyclic) bond motifs is 2. The number of amides is 2. The van der Waals surface area contributed by atoms with Crippen molar-refractivity contribution in [2.45, 2.75) is 90.6 Å². The van der Waals surface area contributed by atoms with Crippen LogP contribution >= 0.6 is 15.1 Å². The van der Waals surface area contributed by atoms with E-state index in [1.165, 1.54) is 42.3 Å². The first-order valence-electron chi connectivity index (χ1n) is 23.2. The molecule has 2 amide bonds. The number of halogens is 6. The average Bonchev–Trinajstić information content (AvgIpc) is 3.31. The summed E-state index contributed by atoms with van der Waals surface area (Å²) in [6.07, 6.45) is 8.61. The van der Waals surface area contributed by atoms with Gasteiger partial charge < -0.3 is 35.7 Å². The Hall–Kier alpha value is -5.44. The number of methoxy groups -OCH3 is 2. The van der Waals surface area contributed by atoms with Crippen LogP contribution in [-0.2, 0) is 28.6 Å². The summed E-state index contributed by atoms with van der Waals surface area (Å²) in [6.45, 7) is 7.58. The van der Waals surface area contributed by atoms with Crippen molar-refractivity contribution < 1.29 is 63.7 Å². The zero-order valence-corrected chi connectivity index (χ0v) is 42.5. The molecule has 3 aromatic rings. The maximum atomic E-state index is 14.2. The molecule has 388 valence electrons. The summed E-state index contributed by atoms with van der Waals surface area (Å²) in [6, 6.07) is 32.6. The molecular weight excluding hydrogens is 971 g/mol. The number of hydrogen-bond acceptors (Lipinski definition) is 9. The van der Waals surface area contributed by atoms with E-state index in [1.807, 2.05) is 13.8 Å². The molecule has 0 spiro atoms. The van der Waals surface area contributed by atoms with Gasteiger partial charge in [-0.3, -0.25) is 14.4 Å². The van der Waals surface area contributed by atoms with Crippen molar-refractivity contribution >= 4 is 54.6 Å². The number of ether oxygens (including phenoxy) is 3. The Morgan fingerprint density at radius 2 is 1.34 bits per heavy atom. The Morgan fingerprint density at radius 1 is 0.817 bits per heavy atom. The molecule has 2 bridgehead atoms. The minimum absolute atomic E-state index is 0.110. The molecule has 0 radical (unpaired) electrons. The fourth-order valence-corrected chi connectivity index (χ4v) is 13.1. The first-order chi connectivity index (χ1) is 33.2. The zero-order chi connectivity index (χ0) is 52.6. The number of benzene rings is 3. The number of rotatable bonds is 14. The molecule has 11 nitrogen and oxygen atoms in total. The third kappa shape index (κ3) is 18.3. The van der Waals surface area contributed by atoms with Gasteiger partial charge in [-0.1, -0.05) is 99.2 Å². The second-order valence-electron chi connectivity index (χ2n) is 17.8. The number of aliphatic hydroxyl groups is 1. The normalized spacial score (nSPS) is 22.9. The SMILES string of the molecule is CO[C@H]1C=CC=C(C)C(=O)NC2=CC(=O)C(NCCCCCC[P+](c3ccccc3)(c3ccccc3)c3ccccc3)=C(C[C@@H](C)C[C@H](OC)[C@H](O)[C@@H](C)C=C(C)[C@@H]1OC(N)=O)C2=O.F[P-](F)(F)(F)(F)F. The quantitative estimate of drug-likeness (QED) is 0.0404. The predicted octanol–water partition coefficient (Wildman–Crippen LogP) is 10.3. The predicted molar refractivity (Wildman–Crippen MR) is 270 cm³/mol. The first kappa shape index (κ1) is 58.1. The molecule has 0 saturated carbocycles. The Labute approximate surface area is 412 Å². The van der Waals surface area contributed by atoms with Crippen LogP contribution < -0.4 is 32.3 Å². The van der Waals surface area contributed by atoms with Crippen LogP contribution in [0.4, 0.5) is 30.0 Å². The van der Waals surface area contributed by atoms with E-state index in [-0.39, 0.29) is 34.9 Å². The molecule has 5 rings (SSSR count). The van der Waals surface area contributed by atoms with Crippen LogP contribution in [0.1, 0.15) is 66.2 Å². The van der Waals surface area contributed by atoms with Crippen molar-refractivity contribution in [3.63, 3.8) is 0 Å². The zero-order valence-electron chi connectivity index (χ0n) is 40.7. The minimum atomic E-state index is -10.7. The summed E-state index contributed by atoms with van der Waals surface area (Å²) >= 11 is 0. The van der Waals surface area contributed by atoms with Gasteiger partial charge in [0.05, 0.1) is 29.8 Å². The van der Waals surface area contributed by atoms with Crippen LogP contribution in [0, 0.1) is 11.8 Å². The van der Waals surface area contributed by atoms with Crippen LogP contribution in [-0.4, -0.2) is 80.0 Å². The third-order valence-corrected chi connectivity index (χ3v) is 16.6. The molecule has 0 unspecified atom stereocenters. The number of nitrogens with two attached hydrogens (primary N) is 1. The van der Waals surface area contributed by atoms with E-state index in [9.17, 15) is 49.5 Å². The fourth-order valence-electron chi connectivity index (χ4n) is 8.70. The van der Waals surface area contributed by atoms with Gasteiger partial charge in [0.2, 0.25) is 11.6 Å². The van der Waals surface area contributed by atoms with Crippen LogP contribution in [0.5, 0.6) is 0 Å². The summed E-state index contributed by atoms with van der Waals surface area (Å²) in [5.41, 5.74) is 6.67. The molecule has 1 heterocycles. The van der Waals surface area contributed by atoms with Gasteiger partial charge in [0.15, 0.2) is 6.10 Å². The van der Waals surface area contributed by atoms with E-state index in [0.29, 0.717) is 18.5 Å². The van der Waals surface area contributed by atoms with E-state index in [0.717, 1.165) is 31.8 Å². The molecule has 0 aromatic heterocycles. The summed E-state index contributed by atoms with van der Waals surface area (Å²) < 4.78 is 76.1. The van der Waals surface area contributed by atoms with Crippen molar-refractivity contribution in [3.05, 3.63) is 149 Å². The van der Waals surface area contributed by atoms with Crippen molar-refractivity contribution in [3.8, 4) is 0 Å². The molecule has 0 fully saturated rings. The summed E-state index contributed by atoms with van der Waals surface area (Å²) in [5, 5.41) is 21.6. The van der Waals surface area contributed by atoms with Crippen molar-refractivity contribution in [2.75, 3.05) is 26.9 Å². The van der Waals surface area contributed by atoms with Gasteiger partial charge in [0.25, 0.3) is 5.91 Å². The first-order valence-corrected chi connectivity index (χ1v) is 27.2. The van der Waals surface area contributed by atoms with Crippen LogP contribution in [0.15, 0.2) is 149 Å². The number of allylic oxidation sites excluding steroid dienone is 4. The van der Waals surface area contributed by atoms with Gasteiger partial charge in [0.1, 0.15) is 29.3 Å². The second kappa shape index (κ2) is 24.8. The Balaban J connectivity index is 0.00000145. The number of hydrogen-bond donors (Lipinski definition) is 4. The Morgan fingerprint density at radius 3 is 1.83 bits per heavy atom. The summed E-state index contributed by atoms with van der Waals surface area (Å²) in [5.74, 6) is -2.09. The van der Waals surface area contributed by atoms with Crippen molar-refractivity contribution in [2.24, 2.45) is 17.6 Å². The monoisotopic (exact) mass is 1040 g/mol. The average molecular weight is 1040 g/mol. The van der Waals surface area contributed by atoms with E-state index >= 15 is 0 Å². The topological polar surface area (TPSA) is 166 Å². The third-order valence-electron chi connectivity index (χ3n) is 12.1. The number of carbonyl (C=O) groups excluding carboxylic acids is 4. The Kier molecular flexibility index (Phi) is 20.3. The number of unbranched alkanes of at least 4 members (excludes halogenated alkanes) is 3. The van der Waals surface area contributed by atoms with Gasteiger partial charge in [-0.2, -0.15) is 0 Å². The van der Waals surface area contributed by atoms with E-state index in [1.54, 1.807) is 32.1 Å². The number of Topliss-reactive ketones (excluding diaryl/α,β-unsaturated/α-hetero) is 1. The van der Waals surface area contributed by atoms with Gasteiger partial charge in [-0.25, -0.2) is 4.79 Å². The van der Waals surface area contributed by atoms with E-state index in [4.69, 9.17) is 19.9 Å². The second-order valence-corrected chi connectivity index (χ2v) is 23.3. The van der Waals surface area contributed by atoms with Crippen LogP contribution in [0.2, 0.25) is 0 Å². The van der Waals surface area contributed by atoms with Crippen molar-refractivity contribution in [1.29, 1.82) is 0 Å². The molecule has 6 atom stereocenters. The number of ketones is 2. The van der Waals surface area contributed by atoms with E-state index < -0.39 is 69.0 Å².